The molecule has 0 fully saturated rings. The molecule has 4 atom stereocenters. The molecule has 0 bridgehead atoms. The SMILES string of the molecule is COC(=O)[C@H](OC(=O)c1ccccc1)[C@@H](OC(=O)c1ccccc1)[C@H](OC(=O)c1ccccc1)[C@H](O)COC(=O)c1ccccc1. The Kier molecular flexibility index (Phi) is 11.7. The number of benzene rings is 4. The van der Waals surface area contributed by atoms with E-state index in [1.165, 1.54) is 48.5 Å². The normalized spacial score (nSPS) is 13.2. The zero-order valence-corrected chi connectivity index (χ0v) is 24.6. The third kappa shape index (κ3) is 8.87. The zero-order chi connectivity index (χ0) is 32.9. The fourth-order valence-electron chi connectivity index (χ4n) is 4.23. The van der Waals surface area contributed by atoms with Crippen LogP contribution in [-0.2, 0) is 28.5 Å². The maximum Gasteiger partial charge on any atom is 0.351 e. The number of esters is 5. The van der Waals surface area contributed by atoms with Crippen molar-refractivity contribution in [3.63, 3.8) is 0 Å². The Morgan fingerprint density at radius 2 is 0.870 bits per heavy atom. The van der Waals surface area contributed by atoms with E-state index in [1.54, 1.807) is 72.8 Å². The van der Waals surface area contributed by atoms with Gasteiger partial charge in [-0.2, -0.15) is 0 Å². The van der Waals surface area contributed by atoms with Gasteiger partial charge in [-0.15, -0.1) is 0 Å². The number of ether oxygens (including phenoxy) is 5. The largest absolute Gasteiger partial charge is 0.466 e. The minimum absolute atomic E-state index is 0.0311. The van der Waals surface area contributed by atoms with Gasteiger partial charge < -0.3 is 28.8 Å². The lowest BCUT2D eigenvalue weighted by molar-refractivity contribution is -0.169. The lowest BCUT2D eigenvalue weighted by atomic mass is 10.0. The smallest absolute Gasteiger partial charge is 0.351 e. The molecule has 4 rings (SSSR count). The van der Waals surface area contributed by atoms with Crippen LogP contribution in [0, 0.1) is 0 Å². The summed E-state index contributed by atoms with van der Waals surface area (Å²) in [6, 6.07) is 30.8. The van der Waals surface area contributed by atoms with Crippen LogP contribution in [0.2, 0.25) is 0 Å². The van der Waals surface area contributed by atoms with Gasteiger partial charge in [0.15, 0.2) is 12.2 Å². The number of aliphatic hydroxyl groups is 1. The highest BCUT2D eigenvalue weighted by atomic mass is 16.6. The third-order valence-corrected chi connectivity index (χ3v) is 6.58. The quantitative estimate of drug-likeness (QED) is 0.169. The fraction of sp³-hybridized carbons (Fsp3) is 0.171. The van der Waals surface area contributed by atoms with Gasteiger partial charge in [-0.25, -0.2) is 24.0 Å². The predicted octanol–water partition coefficient (Wildman–Crippen LogP) is 4.05. The Morgan fingerprint density at radius 3 is 1.26 bits per heavy atom. The van der Waals surface area contributed by atoms with E-state index in [4.69, 9.17) is 23.7 Å². The highest BCUT2D eigenvalue weighted by Gasteiger charge is 2.47. The first-order valence-corrected chi connectivity index (χ1v) is 14.0. The number of rotatable bonds is 13. The van der Waals surface area contributed by atoms with Crippen LogP contribution in [0.5, 0.6) is 0 Å². The molecule has 0 saturated heterocycles. The van der Waals surface area contributed by atoms with Gasteiger partial charge in [0, 0.05) is 0 Å². The summed E-state index contributed by atoms with van der Waals surface area (Å²) in [4.78, 5) is 65.6. The Hall–Kier alpha value is -5.81. The van der Waals surface area contributed by atoms with Gasteiger partial charge >= 0.3 is 29.8 Å². The zero-order valence-electron chi connectivity index (χ0n) is 24.6. The van der Waals surface area contributed by atoms with E-state index < -0.39 is 60.9 Å². The van der Waals surface area contributed by atoms with E-state index in [0.717, 1.165) is 7.11 Å². The summed E-state index contributed by atoms with van der Waals surface area (Å²) >= 11 is 0. The summed E-state index contributed by atoms with van der Waals surface area (Å²) in [5.41, 5.74) is 0.289. The molecule has 0 aliphatic carbocycles. The van der Waals surface area contributed by atoms with Crippen LogP contribution in [0.1, 0.15) is 41.4 Å². The first-order chi connectivity index (χ1) is 22.3. The molecule has 11 heteroatoms. The molecule has 1 N–H and O–H groups in total. The van der Waals surface area contributed by atoms with E-state index in [-0.39, 0.29) is 22.3 Å². The van der Waals surface area contributed by atoms with Crippen LogP contribution in [0.15, 0.2) is 121 Å². The van der Waals surface area contributed by atoms with Gasteiger partial charge in [-0.05, 0) is 48.5 Å². The number of methoxy groups -OCH3 is 1. The van der Waals surface area contributed by atoms with Gasteiger partial charge in [0.25, 0.3) is 0 Å². The van der Waals surface area contributed by atoms with Crippen molar-refractivity contribution in [2.24, 2.45) is 0 Å². The van der Waals surface area contributed by atoms with E-state index in [1.807, 2.05) is 0 Å². The van der Waals surface area contributed by atoms with Crippen LogP contribution < -0.4 is 0 Å². The number of aliphatic hydroxyl groups excluding tert-OH is 1. The average molecular weight is 627 g/mol. The summed E-state index contributed by atoms with van der Waals surface area (Å²) in [7, 11) is 1.00. The molecule has 0 spiro atoms. The molecule has 0 amide bonds. The fourth-order valence-corrected chi connectivity index (χ4v) is 4.23. The van der Waals surface area contributed by atoms with Crippen molar-refractivity contribution in [1.82, 2.24) is 0 Å². The second kappa shape index (κ2) is 16.3. The standard InChI is InChI=1S/C35H30O11/c1-42-35(41)30(46-34(40)26-20-12-5-13-21-26)29(45-33(39)25-18-10-4-11-19-25)28(44-32(38)24-16-8-3-9-17-24)27(36)22-43-31(37)23-14-6-2-7-15-23/h2-21,27-30,36H,22H2,1H3/t27-,28-,29+,30-/m1/s1. The second-order valence-corrected chi connectivity index (χ2v) is 9.72. The number of hydrogen-bond acceptors (Lipinski definition) is 11. The van der Waals surface area contributed by atoms with Gasteiger partial charge in [0.05, 0.1) is 29.4 Å². The topological polar surface area (TPSA) is 152 Å². The molecule has 236 valence electrons. The number of hydrogen-bond donors (Lipinski definition) is 1. The summed E-state index contributed by atoms with van der Waals surface area (Å²) < 4.78 is 27.0. The van der Waals surface area contributed by atoms with Gasteiger partial charge in [-0.1, -0.05) is 72.8 Å². The summed E-state index contributed by atoms with van der Waals surface area (Å²) in [5, 5.41) is 11.4. The molecule has 0 radical (unpaired) electrons. The minimum atomic E-state index is -2.06. The molecule has 0 aromatic heterocycles. The predicted molar refractivity (Wildman–Crippen MR) is 162 cm³/mol. The lowest BCUT2D eigenvalue weighted by Crippen LogP contribution is -2.54. The molecule has 0 aliphatic heterocycles. The number of carbonyl (C=O) groups excluding carboxylic acids is 5. The molecule has 46 heavy (non-hydrogen) atoms. The van der Waals surface area contributed by atoms with Crippen molar-refractivity contribution in [3.05, 3.63) is 144 Å². The molecular weight excluding hydrogens is 596 g/mol. The van der Waals surface area contributed by atoms with Crippen molar-refractivity contribution in [2.45, 2.75) is 24.4 Å². The van der Waals surface area contributed by atoms with Crippen molar-refractivity contribution in [2.75, 3.05) is 13.7 Å². The molecule has 11 nitrogen and oxygen atoms in total. The monoisotopic (exact) mass is 626 g/mol. The first kappa shape index (κ1) is 33.1. The Morgan fingerprint density at radius 1 is 0.522 bits per heavy atom. The summed E-state index contributed by atoms with van der Waals surface area (Å²) in [6.45, 7) is -0.777. The summed E-state index contributed by atoms with van der Waals surface area (Å²) in [5.74, 6) is -5.01. The van der Waals surface area contributed by atoms with Crippen molar-refractivity contribution in [3.8, 4) is 0 Å². The van der Waals surface area contributed by atoms with Crippen molar-refractivity contribution < 1.29 is 52.8 Å². The van der Waals surface area contributed by atoms with E-state index in [2.05, 4.69) is 0 Å². The van der Waals surface area contributed by atoms with Crippen LogP contribution in [-0.4, -0.2) is 73.1 Å². The molecule has 0 unspecified atom stereocenters. The highest BCUT2D eigenvalue weighted by molar-refractivity contribution is 5.93. The van der Waals surface area contributed by atoms with Crippen LogP contribution in [0.3, 0.4) is 0 Å². The molecular formula is C35H30O11. The van der Waals surface area contributed by atoms with Crippen LogP contribution in [0.25, 0.3) is 0 Å². The second-order valence-electron chi connectivity index (χ2n) is 9.72. The molecule has 0 saturated carbocycles. The van der Waals surface area contributed by atoms with Crippen LogP contribution in [0.4, 0.5) is 0 Å². The van der Waals surface area contributed by atoms with E-state index in [9.17, 15) is 29.1 Å². The van der Waals surface area contributed by atoms with Crippen molar-refractivity contribution >= 4 is 29.8 Å². The Balaban J connectivity index is 1.74. The molecule has 4 aromatic carbocycles. The lowest BCUT2D eigenvalue weighted by Gasteiger charge is -2.33. The molecule has 4 aromatic rings. The number of carbonyl (C=O) groups is 5. The van der Waals surface area contributed by atoms with Crippen molar-refractivity contribution in [1.29, 1.82) is 0 Å². The Bertz CT molecular complexity index is 1610. The maximum atomic E-state index is 13.3. The molecule has 0 heterocycles. The van der Waals surface area contributed by atoms with E-state index in [0.29, 0.717) is 0 Å². The minimum Gasteiger partial charge on any atom is -0.466 e. The van der Waals surface area contributed by atoms with Crippen LogP contribution >= 0.6 is 0 Å². The first-order valence-electron chi connectivity index (χ1n) is 14.0. The highest BCUT2D eigenvalue weighted by Crippen LogP contribution is 2.23. The summed E-state index contributed by atoms with van der Waals surface area (Å²) in [6.07, 6.45) is -7.89. The third-order valence-electron chi connectivity index (χ3n) is 6.58. The van der Waals surface area contributed by atoms with Gasteiger partial charge in [0.2, 0.25) is 6.10 Å². The van der Waals surface area contributed by atoms with Gasteiger partial charge in [-0.3, -0.25) is 0 Å². The van der Waals surface area contributed by atoms with E-state index >= 15 is 0 Å². The van der Waals surface area contributed by atoms with Gasteiger partial charge in [0.1, 0.15) is 12.7 Å². The molecule has 0 aliphatic rings. The average Bonchev–Trinajstić information content (AvgIpc) is 3.11. The maximum absolute atomic E-state index is 13.3. The Labute approximate surface area is 264 Å².